The Bertz CT molecular complexity index is 499. The zero-order chi connectivity index (χ0) is 11.7. The molecule has 4 nitrogen and oxygen atoms in total. The second kappa shape index (κ2) is 4.30. The van der Waals surface area contributed by atoms with E-state index in [-0.39, 0.29) is 0 Å². The van der Waals surface area contributed by atoms with Gasteiger partial charge in [0.2, 0.25) is 0 Å². The average Bonchev–Trinajstić information content (AvgIpc) is 3.13. The number of rotatable bonds is 4. The highest BCUT2D eigenvalue weighted by Gasteiger charge is 2.29. The molecular weight excluding hydrogens is 212 g/mol. The number of nitrogens with one attached hydrogen (secondary N) is 2. The van der Waals surface area contributed by atoms with Gasteiger partial charge in [-0.2, -0.15) is 5.10 Å². The molecule has 0 spiro atoms. The minimum atomic E-state index is 0.684. The molecule has 2 aromatic rings. The predicted octanol–water partition coefficient (Wildman–Crippen LogP) is 2.07. The molecule has 0 radical (unpaired) electrons. The van der Waals surface area contributed by atoms with Gasteiger partial charge in [-0.15, -0.1) is 0 Å². The molecule has 0 unspecified atom stereocenters. The lowest BCUT2D eigenvalue weighted by Gasteiger charge is -2.03. The van der Waals surface area contributed by atoms with Crippen molar-refractivity contribution in [1.82, 2.24) is 20.5 Å². The maximum Gasteiger partial charge on any atom is 0.115 e. The number of hydrogen-bond donors (Lipinski definition) is 2. The van der Waals surface area contributed by atoms with Crippen LogP contribution in [-0.2, 0) is 6.54 Å². The van der Waals surface area contributed by atoms with Gasteiger partial charge < -0.3 is 5.32 Å². The molecule has 0 amide bonds. The Balaban J connectivity index is 2.04. The van der Waals surface area contributed by atoms with Gasteiger partial charge in [0.1, 0.15) is 5.69 Å². The maximum absolute atomic E-state index is 4.44. The summed E-state index contributed by atoms with van der Waals surface area (Å²) in [5.41, 5.74) is 4.50. The predicted molar refractivity (Wildman–Crippen MR) is 66.6 cm³/mol. The Hall–Kier alpha value is -1.68. The highest BCUT2D eigenvalue weighted by atomic mass is 15.1. The summed E-state index contributed by atoms with van der Waals surface area (Å²) in [6.45, 7) is 0.842. The van der Waals surface area contributed by atoms with E-state index in [9.17, 15) is 0 Å². The first-order chi connectivity index (χ1) is 8.40. The zero-order valence-electron chi connectivity index (χ0n) is 9.90. The fourth-order valence-electron chi connectivity index (χ4n) is 2.16. The average molecular weight is 228 g/mol. The third kappa shape index (κ3) is 1.96. The van der Waals surface area contributed by atoms with Crippen LogP contribution in [0.15, 0.2) is 24.4 Å². The smallest absolute Gasteiger partial charge is 0.115 e. The van der Waals surface area contributed by atoms with Crippen LogP contribution in [0.25, 0.3) is 11.4 Å². The van der Waals surface area contributed by atoms with Crippen LogP contribution >= 0.6 is 0 Å². The van der Waals surface area contributed by atoms with Crippen LogP contribution in [0.5, 0.6) is 0 Å². The number of aromatic nitrogens is 3. The molecule has 0 aliphatic heterocycles. The maximum atomic E-state index is 4.44. The summed E-state index contributed by atoms with van der Waals surface area (Å²) < 4.78 is 0. The first-order valence-corrected chi connectivity index (χ1v) is 6.03. The van der Waals surface area contributed by atoms with Crippen LogP contribution in [0.1, 0.15) is 30.0 Å². The van der Waals surface area contributed by atoms with Crippen LogP contribution in [0.2, 0.25) is 0 Å². The molecule has 17 heavy (non-hydrogen) atoms. The van der Waals surface area contributed by atoms with Crippen molar-refractivity contribution in [2.24, 2.45) is 0 Å². The topological polar surface area (TPSA) is 53.6 Å². The van der Waals surface area contributed by atoms with E-state index in [0.29, 0.717) is 5.92 Å². The van der Waals surface area contributed by atoms with Gasteiger partial charge in [-0.25, -0.2) is 0 Å². The first kappa shape index (κ1) is 10.5. The molecular formula is C13H16N4. The molecule has 3 rings (SSSR count). The van der Waals surface area contributed by atoms with E-state index in [0.717, 1.165) is 17.9 Å². The van der Waals surface area contributed by atoms with Gasteiger partial charge >= 0.3 is 0 Å². The molecule has 88 valence electrons. The Labute approximate surface area is 100 Å². The number of H-pyrrole nitrogens is 1. The lowest BCUT2D eigenvalue weighted by molar-refractivity contribution is 0.803. The van der Waals surface area contributed by atoms with Gasteiger partial charge in [-0.3, -0.25) is 10.1 Å². The van der Waals surface area contributed by atoms with Crippen molar-refractivity contribution in [3.8, 4) is 11.4 Å². The van der Waals surface area contributed by atoms with E-state index in [1.807, 2.05) is 31.4 Å². The molecule has 0 saturated heterocycles. The van der Waals surface area contributed by atoms with Gasteiger partial charge in [0, 0.05) is 29.9 Å². The number of hydrogen-bond acceptors (Lipinski definition) is 3. The molecule has 2 aromatic heterocycles. The summed E-state index contributed by atoms with van der Waals surface area (Å²) in [5.74, 6) is 0.684. The fraction of sp³-hybridized carbons (Fsp3) is 0.385. The molecule has 0 atom stereocenters. The number of aromatic amines is 1. The second-order valence-electron chi connectivity index (χ2n) is 4.48. The zero-order valence-corrected chi connectivity index (χ0v) is 9.90. The highest BCUT2D eigenvalue weighted by Crippen LogP contribution is 2.42. The van der Waals surface area contributed by atoms with Crippen LogP contribution in [0.3, 0.4) is 0 Å². The van der Waals surface area contributed by atoms with Crippen LogP contribution in [-0.4, -0.2) is 22.2 Å². The molecule has 1 saturated carbocycles. The Morgan fingerprint density at radius 2 is 2.29 bits per heavy atom. The van der Waals surface area contributed by atoms with E-state index in [4.69, 9.17) is 0 Å². The van der Waals surface area contributed by atoms with Crippen molar-refractivity contribution in [3.05, 3.63) is 35.7 Å². The van der Waals surface area contributed by atoms with E-state index in [2.05, 4.69) is 20.5 Å². The number of pyridine rings is 1. The summed E-state index contributed by atoms with van der Waals surface area (Å²) in [6.07, 6.45) is 4.37. The van der Waals surface area contributed by atoms with Crippen molar-refractivity contribution >= 4 is 0 Å². The van der Waals surface area contributed by atoms with Crippen molar-refractivity contribution < 1.29 is 0 Å². The molecule has 2 N–H and O–H groups in total. The highest BCUT2D eigenvalue weighted by molar-refractivity contribution is 5.60. The third-order valence-electron chi connectivity index (χ3n) is 3.15. The van der Waals surface area contributed by atoms with E-state index < -0.39 is 0 Å². The third-order valence-corrected chi connectivity index (χ3v) is 3.15. The molecule has 1 aliphatic rings. The summed E-state index contributed by atoms with van der Waals surface area (Å²) >= 11 is 0. The van der Waals surface area contributed by atoms with Gasteiger partial charge in [-0.05, 0) is 32.0 Å². The summed E-state index contributed by atoms with van der Waals surface area (Å²) in [4.78, 5) is 4.37. The second-order valence-corrected chi connectivity index (χ2v) is 4.48. The molecule has 4 heteroatoms. The van der Waals surface area contributed by atoms with Crippen LogP contribution in [0, 0.1) is 0 Å². The van der Waals surface area contributed by atoms with Gasteiger partial charge in [0.25, 0.3) is 0 Å². The summed E-state index contributed by atoms with van der Waals surface area (Å²) in [5, 5.41) is 10.8. The van der Waals surface area contributed by atoms with E-state index >= 15 is 0 Å². The minimum absolute atomic E-state index is 0.684. The molecule has 2 heterocycles. The van der Waals surface area contributed by atoms with Gasteiger partial charge in [0.05, 0.1) is 5.69 Å². The molecule has 1 aliphatic carbocycles. The Kier molecular flexibility index (Phi) is 2.65. The largest absolute Gasteiger partial charge is 0.316 e. The van der Waals surface area contributed by atoms with Crippen LogP contribution in [0.4, 0.5) is 0 Å². The standard InChI is InChI=1S/C13H16N4/c1-14-8-10-12(9-5-6-9)16-17-13(10)11-4-2-3-7-15-11/h2-4,7,9,14H,5-6,8H2,1H3,(H,16,17). The quantitative estimate of drug-likeness (QED) is 0.842. The molecule has 1 fully saturated rings. The minimum Gasteiger partial charge on any atom is -0.316 e. The van der Waals surface area contributed by atoms with Gasteiger partial charge in [-0.1, -0.05) is 6.07 Å². The van der Waals surface area contributed by atoms with E-state index in [1.165, 1.54) is 24.1 Å². The monoisotopic (exact) mass is 228 g/mol. The van der Waals surface area contributed by atoms with Crippen molar-refractivity contribution in [2.45, 2.75) is 25.3 Å². The Morgan fingerprint density at radius 1 is 1.41 bits per heavy atom. The van der Waals surface area contributed by atoms with Crippen molar-refractivity contribution in [2.75, 3.05) is 7.05 Å². The van der Waals surface area contributed by atoms with Crippen LogP contribution < -0.4 is 5.32 Å². The van der Waals surface area contributed by atoms with E-state index in [1.54, 1.807) is 0 Å². The SMILES string of the molecule is CNCc1c(-c2ccccn2)n[nH]c1C1CC1. The van der Waals surface area contributed by atoms with Crippen molar-refractivity contribution in [3.63, 3.8) is 0 Å². The lowest BCUT2D eigenvalue weighted by atomic mass is 10.1. The normalized spacial score (nSPS) is 15.1. The lowest BCUT2D eigenvalue weighted by Crippen LogP contribution is -2.07. The van der Waals surface area contributed by atoms with Crippen molar-refractivity contribution in [1.29, 1.82) is 0 Å². The summed E-state index contributed by atoms with van der Waals surface area (Å²) in [7, 11) is 1.96. The number of nitrogens with zero attached hydrogens (tertiary/aromatic N) is 2. The molecule has 0 aromatic carbocycles. The van der Waals surface area contributed by atoms with Gasteiger partial charge in [0.15, 0.2) is 0 Å². The summed E-state index contributed by atoms with van der Waals surface area (Å²) in [6, 6.07) is 5.93. The fourth-order valence-corrected chi connectivity index (χ4v) is 2.16. The first-order valence-electron chi connectivity index (χ1n) is 6.03. The molecule has 0 bridgehead atoms. The Morgan fingerprint density at radius 3 is 2.94 bits per heavy atom.